The first-order chi connectivity index (χ1) is 12.9. The Hall–Kier alpha value is -2.34. The molecular weight excluding hydrogens is 350 g/mol. The second-order valence-corrected chi connectivity index (χ2v) is 8.27. The molecule has 2 atom stereocenters. The van der Waals surface area contributed by atoms with Crippen molar-refractivity contribution in [1.29, 1.82) is 0 Å². The summed E-state index contributed by atoms with van der Waals surface area (Å²) in [6.07, 6.45) is 5.67. The van der Waals surface area contributed by atoms with Crippen LogP contribution < -0.4 is 0 Å². The van der Waals surface area contributed by atoms with Gasteiger partial charge in [-0.2, -0.15) is 0 Å². The third-order valence-corrected chi connectivity index (χ3v) is 6.80. The number of amides is 1. The van der Waals surface area contributed by atoms with Gasteiger partial charge in [0.1, 0.15) is 6.10 Å². The molecule has 0 unspecified atom stereocenters. The molecule has 1 saturated heterocycles. The van der Waals surface area contributed by atoms with Crippen LogP contribution in [0.5, 0.6) is 0 Å². The van der Waals surface area contributed by atoms with Gasteiger partial charge in [0.05, 0.1) is 0 Å². The van der Waals surface area contributed by atoms with Gasteiger partial charge in [-0.3, -0.25) is 9.78 Å². The monoisotopic (exact) mass is 370 g/mol. The van der Waals surface area contributed by atoms with Crippen molar-refractivity contribution in [1.82, 2.24) is 9.88 Å². The van der Waals surface area contributed by atoms with E-state index in [0.717, 1.165) is 31.4 Å². The number of piperidine rings is 1. The third-order valence-electron chi connectivity index (χ3n) is 6.80. The SMILES string of the molecule is O=C1[C@H](O)[C@@H](c2ccc(F)c(F)c2)CCN1C12CC(c3ccncc3)(C1)C2. The van der Waals surface area contributed by atoms with Gasteiger partial charge >= 0.3 is 0 Å². The number of benzene rings is 1. The van der Waals surface area contributed by atoms with E-state index in [4.69, 9.17) is 0 Å². The molecule has 2 bridgehead atoms. The van der Waals surface area contributed by atoms with E-state index in [1.165, 1.54) is 11.6 Å². The van der Waals surface area contributed by atoms with Crippen LogP contribution in [0.2, 0.25) is 0 Å². The summed E-state index contributed by atoms with van der Waals surface area (Å²) in [5.74, 6) is -2.66. The molecule has 3 aliphatic carbocycles. The summed E-state index contributed by atoms with van der Waals surface area (Å²) < 4.78 is 26.7. The van der Waals surface area contributed by atoms with Gasteiger partial charge in [-0.05, 0) is 61.1 Å². The minimum absolute atomic E-state index is 0.144. The molecule has 1 amide bonds. The first-order valence-corrected chi connectivity index (χ1v) is 9.29. The number of likely N-dealkylation sites (tertiary alicyclic amines) is 1. The smallest absolute Gasteiger partial charge is 0.252 e. The van der Waals surface area contributed by atoms with E-state index in [0.29, 0.717) is 18.5 Å². The highest BCUT2D eigenvalue weighted by atomic mass is 19.2. The maximum Gasteiger partial charge on any atom is 0.252 e. The van der Waals surface area contributed by atoms with Crippen molar-refractivity contribution in [2.24, 2.45) is 0 Å². The molecule has 0 radical (unpaired) electrons. The molecular formula is C21H20F2N2O2. The van der Waals surface area contributed by atoms with Gasteiger partial charge in [-0.25, -0.2) is 8.78 Å². The number of hydrogen-bond acceptors (Lipinski definition) is 3. The molecule has 27 heavy (non-hydrogen) atoms. The highest BCUT2D eigenvalue weighted by Gasteiger charge is 2.72. The van der Waals surface area contributed by atoms with Crippen molar-refractivity contribution in [3.63, 3.8) is 0 Å². The molecule has 6 rings (SSSR count). The number of hydrogen-bond donors (Lipinski definition) is 1. The lowest BCUT2D eigenvalue weighted by Gasteiger charge is -2.74. The Kier molecular flexibility index (Phi) is 3.47. The molecule has 6 heteroatoms. The standard InChI is InChI=1S/C21H20F2N2O2/c22-16-2-1-13(9-17(16)23)15-5-8-25(19(27)18(15)26)21-10-20(11-21,12-21)14-3-6-24-7-4-14/h1-4,6-7,9,15,18,26H,5,8,10-12H2/t15-,18-,20?,21?/m1/s1. The van der Waals surface area contributed by atoms with Crippen LogP contribution in [0.3, 0.4) is 0 Å². The number of rotatable bonds is 3. The summed E-state index contributed by atoms with van der Waals surface area (Å²) in [6, 6.07) is 7.66. The number of carbonyl (C=O) groups is 1. The maximum absolute atomic E-state index is 13.5. The Morgan fingerprint density at radius 2 is 1.78 bits per heavy atom. The molecule has 4 nitrogen and oxygen atoms in total. The fraction of sp³-hybridized carbons (Fsp3) is 0.429. The van der Waals surface area contributed by atoms with E-state index in [-0.39, 0.29) is 16.9 Å². The Labute approximate surface area is 155 Å². The van der Waals surface area contributed by atoms with Gasteiger partial charge < -0.3 is 10.0 Å². The minimum atomic E-state index is -1.21. The van der Waals surface area contributed by atoms with Crippen LogP contribution in [0.15, 0.2) is 42.7 Å². The lowest BCUT2D eigenvalue weighted by Crippen LogP contribution is -2.79. The number of aliphatic hydroxyl groups excluding tert-OH is 1. The Balaban J connectivity index is 1.31. The lowest BCUT2D eigenvalue weighted by molar-refractivity contribution is -0.198. The summed E-state index contributed by atoms with van der Waals surface area (Å²) >= 11 is 0. The number of aliphatic hydroxyl groups is 1. The topological polar surface area (TPSA) is 53.4 Å². The molecule has 3 saturated carbocycles. The van der Waals surface area contributed by atoms with Crippen molar-refractivity contribution >= 4 is 5.91 Å². The maximum atomic E-state index is 13.5. The normalized spacial score (nSPS) is 34.8. The molecule has 2 heterocycles. The largest absolute Gasteiger partial charge is 0.383 e. The highest BCUT2D eigenvalue weighted by molar-refractivity contribution is 5.84. The summed E-state index contributed by atoms with van der Waals surface area (Å²) in [6.45, 7) is 0.534. The molecule has 1 aromatic heterocycles. The van der Waals surface area contributed by atoms with Gasteiger partial charge in [-0.15, -0.1) is 0 Å². The Bertz CT molecular complexity index is 898. The lowest BCUT2D eigenvalue weighted by atomic mass is 9.37. The van der Waals surface area contributed by atoms with E-state index in [1.807, 2.05) is 17.0 Å². The summed E-state index contributed by atoms with van der Waals surface area (Å²) in [5, 5.41) is 10.6. The molecule has 1 aromatic carbocycles. The van der Waals surface area contributed by atoms with Crippen LogP contribution in [0.4, 0.5) is 8.78 Å². The number of aromatic nitrogens is 1. The first kappa shape index (κ1) is 16.8. The van der Waals surface area contributed by atoms with Crippen LogP contribution >= 0.6 is 0 Å². The number of pyridine rings is 1. The van der Waals surface area contributed by atoms with Crippen LogP contribution in [-0.2, 0) is 10.2 Å². The minimum Gasteiger partial charge on any atom is -0.383 e. The van der Waals surface area contributed by atoms with Crippen LogP contribution in [0.25, 0.3) is 0 Å². The quantitative estimate of drug-likeness (QED) is 0.904. The number of nitrogens with zero attached hydrogens (tertiary/aromatic N) is 2. The van der Waals surface area contributed by atoms with Crippen LogP contribution in [-0.4, -0.2) is 39.1 Å². The average Bonchev–Trinajstić information content (AvgIpc) is 2.60. The molecule has 4 fully saturated rings. The van der Waals surface area contributed by atoms with E-state index in [9.17, 15) is 18.7 Å². The summed E-state index contributed by atoms with van der Waals surface area (Å²) in [7, 11) is 0. The van der Waals surface area contributed by atoms with Gasteiger partial charge in [0, 0.05) is 35.8 Å². The van der Waals surface area contributed by atoms with Gasteiger partial charge in [-0.1, -0.05) is 6.07 Å². The zero-order valence-electron chi connectivity index (χ0n) is 14.7. The second kappa shape index (κ2) is 5.58. The Morgan fingerprint density at radius 3 is 2.44 bits per heavy atom. The molecule has 2 aromatic rings. The number of carbonyl (C=O) groups excluding carboxylic acids is 1. The van der Waals surface area contributed by atoms with Gasteiger partial charge in [0.2, 0.25) is 0 Å². The fourth-order valence-corrected chi connectivity index (χ4v) is 5.46. The first-order valence-electron chi connectivity index (χ1n) is 9.29. The van der Waals surface area contributed by atoms with Crippen molar-refractivity contribution < 1.29 is 18.7 Å². The molecule has 1 aliphatic heterocycles. The predicted octanol–water partition coefficient (Wildman–Crippen LogP) is 2.91. The van der Waals surface area contributed by atoms with Crippen molar-refractivity contribution in [3.8, 4) is 0 Å². The van der Waals surface area contributed by atoms with E-state index in [1.54, 1.807) is 12.4 Å². The third kappa shape index (κ3) is 2.29. The van der Waals surface area contributed by atoms with Crippen LogP contribution in [0, 0.1) is 11.6 Å². The zero-order chi connectivity index (χ0) is 18.8. The second-order valence-electron chi connectivity index (χ2n) is 8.27. The average molecular weight is 370 g/mol. The molecule has 1 N–H and O–H groups in total. The van der Waals surface area contributed by atoms with Crippen molar-refractivity contribution in [3.05, 3.63) is 65.5 Å². The van der Waals surface area contributed by atoms with Gasteiger partial charge in [0.25, 0.3) is 5.91 Å². The molecule has 140 valence electrons. The van der Waals surface area contributed by atoms with Crippen LogP contribution in [0.1, 0.15) is 42.7 Å². The summed E-state index contributed by atoms with van der Waals surface area (Å²) in [5.41, 5.74) is 1.73. The van der Waals surface area contributed by atoms with Crippen molar-refractivity contribution in [2.75, 3.05) is 6.54 Å². The van der Waals surface area contributed by atoms with E-state index < -0.39 is 23.7 Å². The molecule has 0 spiro atoms. The summed E-state index contributed by atoms with van der Waals surface area (Å²) in [4.78, 5) is 18.8. The van der Waals surface area contributed by atoms with E-state index in [2.05, 4.69) is 4.98 Å². The molecule has 4 aliphatic rings. The van der Waals surface area contributed by atoms with Gasteiger partial charge in [0.15, 0.2) is 11.6 Å². The number of halogens is 2. The van der Waals surface area contributed by atoms with Crippen molar-refractivity contribution in [2.45, 2.75) is 48.7 Å². The zero-order valence-corrected chi connectivity index (χ0v) is 14.7. The highest BCUT2D eigenvalue weighted by Crippen LogP contribution is 2.70. The fourth-order valence-electron chi connectivity index (χ4n) is 5.46. The Morgan fingerprint density at radius 1 is 1.07 bits per heavy atom. The van der Waals surface area contributed by atoms with E-state index >= 15 is 0 Å². The predicted molar refractivity (Wildman–Crippen MR) is 93.9 cm³/mol.